The molecule has 0 aromatic carbocycles. The van der Waals surface area contributed by atoms with Gasteiger partial charge in [0.2, 0.25) is 11.9 Å². The first-order chi connectivity index (χ1) is 11.8. The number of aryl methyl sites for hydroxylation is 2. The molecule has 0 aliphatic carbocycles. The molecule has 1 aliphatic rings. The zero-order chi connectivity index (χ0) is 18.4. The minimum atomic E-state index is -0.691. The van der Waals surface area contributed by atoms with Gasteiger partial charge in [0, 0.05) is 44.0 Å². The molecular formula is C18H31N5O2. The summed E-state index contributed by atoms with van der Waals surface area (Å²) in [5.41, 5.74) is 1.13. The fourth-order valence-electron chi connectivity index (χ4n) is 3.42. The van der Waals surface area contributed by atoms with E-state index in [1.165, 1.54) is 0 Å². The molecule has 1 atom stereocenters. The van der Waals surface area contributed by atoms with Crippen molar-refractivity contribution in [3.05, 3.63) is 17.5 Å². The molecule has 2 N–H and O–H groups in total. The van der Waals surface area contributed by atoms with Crippen LogP contribution in [0.1, 0.15) is 37.1 Å². The number of nitrogens with zero attached hydrogens (tertiary/aromatic N) is 4. The third-order valence-electron chi connectivity index (χ3n) is 4.48. The third kappa shape index (κ3) is 6.25. The lowest BCUT2D eigenvalue weighted by Crippen LogP contribution is -2.41. The Labute approximate surface area is 150 Å². The normalized spacial score (nSPS) is 21.3. The summed E-state index contributed by atoms with van der Waals surface area (Å²) >= 11 is 0. The number of likely N-dealkylation sites (tertiary alicyclic amines) is 1. The lowest BCUT2D eigenvalue weighted by molar-refractivity contribution is -0.131. The molecular weight excluding hydrogens is 318 g/mol. The maximum atomic E-state index is 12.5. The van der Waals surface area contributed by atoms with E-state index in [0.29, 0.717) is 45.0 Å². The minimum Gasteiger partial charge on any atom is -0.388 e. The monoisotopic (exact) mass is 349 g/mol. The zero-order valence-corrected chi connectivity index (χ0v) is 15.9. The van der Waals surface area contributed by atoms with E-state index in [1.54, 1.807) is 0 Å². The van der Waals surface area contributed by atoms with Crippen LogP contribution in [-0.4, -0.2) is 76.7 Å². The van der Waals surface area contributed by atoms with Crippen molar-refractivity contribution in [2.75, 3.05) is 45.6 Å². The summed E-state index contributed by atoms with van der Waals surface area (Å²) in [6, 6.07) is 1.92. The van der Waals surface area contributed by atoms with Crippen molar-refractivity contribution in [2.45, 2.75) is 45.1 Å². The first-order valence-corrected chi connectivity index (χ1v) is 8.98. The predicted molar refractivity (Wildman–Crippen MR) is 98.5 cm³/mol. The standard InChI is InChI=1S/C18H31N5O2/c1-14-12-15(2)21-17(20-14)19-9-6-16(24)23-10-5-7-18(25,8-11-23)13-22(3)4/h12,25H,5-11,13H2,1-4H3,(H,19,20,21)/t18-/m1/s1. The van der Waals surface area contributed by atoms with Crippen LogP contribution in [0.4, 0.5) is 5.95 Å². The number of anilines is 1. The molecule has 1 fully saturated rings. The molecule has 0 saturated carbocycles. The fraction of sp³-hybridized carbons (Fsp3) is 0.722. The van der Waals surface area contributed by atoms with E-state index in [-0.39, 0.29) is 5.91 Å². The summed E-state index contributed by atoms with van der Waals surface area (Å²) in [7, 11) is 3.93. The number of hydrogen-bond donors (Lipinski definition) is 2. The van der Waals surface area contributed by atoms with Crippen molar-refractivity contribution in [3.8, 4) is 0 Å². The Hall–Kier alpha value is -1.73. The highest BCUT2D eigenvalue weighted by Crippen LogP contribution is 2.23. The second-order valence-electron chi connectivity index (χ2n) is 7.35. The molecule has 0 unspecified atom stereocenters. The van der Waals surface area contributed by atoms with Crippen LogP contribution >= 0.6 is 0 Å². The molecule has 25 heavy (non-hydrogen) atoms. The van der Waals surface area contributed by atoms with E-state index < -0.39 is 5.60 Å². The first kappa shape index (κ1) is 19.6. The van der Waals surface area contributed by atoms with Crippen molar-refractivity contribution in [1.29, 1.82) is 0 Å². The van der Waals surface area contributed by atoms with E-state index in [4.69, 9.17) is 0 Å². The molecule has 2 rings (SSSR count). The summed E-state index contributed by atoms with van der Waals surface area (Å²) in [6.07, 6.45) is 2.61. The topological polar surface area (TPSA) is 81.6 Å². The number of carbonyl (C=O) groups excluding carboxylic acids is 1. The van der Waals surface area contributed by atoms with E-state index >= 15 is 0 Å². The highest BCUT2D eigenvalue weighted by atomic mass is 16.3. The van der Waals surface area contributed by atoms with Crippen LogP contribution in [0, 0.1) is 13.8 Å². The molecule has 0 radical (unpaired) electrons. The van der Waals surface area contributed by atoms with Crippen molar-refractivity contribution >= 4 is 11.9 Å². The molecule has 2 heterocycles. The maximum Gasteiger partial charge on any atom is 0.224 e. The van der Waals surface area contributed by atoms with Gasteiger partial charge in [0.1, 0.15) is 0 Å². The average Bonchev–Trinajstić information content (AvgIpc) is 2.67. The Morgan fingerprint density at radius 1 is 1.28 bits per heavy atom. The Morgan fingerprint density at radius 2 is 1.96 bits per heavy atom. The van der Waals surface area contributed by atoms with Crippen LogP contribution in [-0.2, 0) is 4.79 Å². The van der Waals surface area contributed by atoms with Gasteiger partial charge in [-0.3, -0.25) is 4.79 Å². The Kier molecular flexibility index (Phi) is 6.72. The smallest absolute Gasteiger partial charge is 0.224 e. The molecule has 140 valence electrons. The Bertz CT molecular complexity index is 573. The Balaban J connectivity index is 1.80. The SMILES string of the molecule is Cc1cc(C)nc(NCCC(=O)N2CCC[C@](O)(CN(C)C)CC2)n1. The largest absolute Gasteiger partial charge is 0.388 e. The zero-order valence-electron chi connectivity index (χ0n) is 15.9. The van der Waals surface area contributed by atoms with Crippen molar-refractivity contribution < 1.29 is 9.90 Å². The lowest BCUT2D eigenvalue weighted by Gasteiger charge is -2.30. The molecule has 1 amide bonds. The summed E-state index contributed by atoms with van der Waals surface area (Å²) in [5, 5.41) is 13.8. The average molecular weight is 349 g/mol. The van der Waals surface area contributed by atoms with Crippen LogP contribution in [0.2, 0.25) is 0 Å². The van der Waals surface area contributed by atoms with Gasteiger partial charge in [-0.15, -0.1) is 0 Å². The predicted octanol–water partition coefficient (Wildman–Crippen LogP) is 1.20. The Morgan fingerprint density at radius 3 is 2.60 bits per heavy atom. The van der Waals surface area contributed by atoms with Gasteiger partial charge in [-0.2, -0.15) is 0 Å². The van der Waals surface area contributed by atoms with Gasteiger partial charge < -0.3 is 20.2 Å². The number of amides is 1. The number of nitrogens with one attached hydrogen (secondary N) is 1. The summed E-state index contributed by atoms with van der Waals surface area (Å²) in [6.45, 7) is 6.34. The number of aromatic nitrogens is 2. The van der Waals surface area contributed by atoms with E-state index in [0.717, 1.165) is 24.2 Å². The van der Waals surface area contributed by atoms with Gasteiger partial charge in [-0.05, 0) is 53.3 Å². The summed E-state index contributed by atoms with van der Waals surface area (Å²) in [5.74, 6) is 0.688. The van der Waals surface area contributed by atoms with Gasteiger partial charge >= 0.3 is 0 Å². The molecule has 1 aliphatic heterocycles. The quantitative estimate of drug-likeness (QED) is 0.803. The maximum absolute atomic E-state index is 12.5. The molecule has 7 nitrogen and oxygen atoms in total. The number of carbonyl (C=O) groups is 1. The third-order valence-corrected chi connectivity index (χ3v) is 4.48. The molecule has 0 spiro atoms. The summed E-state index contributed by atoms with van der Waals surface area (Å²) in [4.78, 5) is 25.0. The molecule has 0 bridgehead atoms. The van der Waals surface area contributed by atoms with Crippen molar-refractivity contribution in [3.63, 3.8) is 0 Å². The van der Waals surface area contributed by atoms with Crippen LogP contribution < -0.4 is 5.32 Å². The van der Waals surface area contributed by atoms with Crippen molar-refractivity contribution in [2.24, 2.45) is 0 Å². The van der Waals surface area contributed by atoms with Crippen LogP contribution in [0.15, 0.2) is 6.07 Å². The van der Waals surface area contributed by atoms with Crippen molar-refractivity contribution in [1.82, 2.24) is 19.8 Å². The number of aliphatic hydroxyl groups is 1. The number of hydrogen-bond acceptors (Lipinski definition) is 6. The van der Waals surface area contributed by atoms with Gasteiger partial charge in [0.25, 0.3) is 0 Å². The highest BCUT2D eigenvalue weighted by Gasteiger charge is 2.31. The summed E-state index contributed by atoms with van der Waals surface area (Å²) < 4.78 is 0. The van der Waals surface area contributed by atoms with E-state index in [1.807, 2.05) is 43.8 Å². The van der Waals surface area contributed by atoms with E-state index in [9.17, 15) is 9.90 Å². The molecule has 1 aromatic heterocycles. The number of rotatable bonds is 6. The molecule has 7 heteroatoms. The van der Waals surface area contributed by atoms with Gasteiger partial charge in [0.05, 0.1) is 5.60 Å². The van der Waals surface area contributed by atoms with Crippen LogP contribution in [0.3, 0.4) is 0 Å². The highest BCUT2D eigenvalue weighted by molar-refractivity contribution is 5.76. The number of likely N-dealkylation sites (N-methyl/N-ethyl adjacent to an activating group) is 1. The lowest BCUT2D eigenvalue weighted by atomic mass is 9.94. The molecule has 1 saturated heterocycles. The first-order valence-electron chi connectivity index (χ1n) is 8.98. The van der Waals surface area contributed by atoms with E-state index in [2.05, 4.69) is 15.3 Å². The second kappa shape index (κ2) is 8.58. The second-order valence-corrected chi connectivity index (χ2v) is 7.35. The van der Waals surface area contributed by atoms with Crippen LogP contribution in [0.25, 0.3) is 0 Å². The van der Waals surface area contributed by atoms with Gasteiger partial charge in [0.15, 0.2) is 0 Å². The minimum absolute atomic E-state index is 0.117. The fourth-order valence-corrected chi connectivity index (χ4v) is 3.42. The van der Waals surface area contributed by atoms with Gasteiger partial charge in [-0.1, -0.05) is 0 Å². The van der Waals surface area contributed by atoms with Gasteiger partial charge in [-0.25, -0.2) is 9.97 Å². The molecule has 1 aromatic rings. The van der Waals surface area contributed by atoms with Crippen LogP contribution in [0.5, 0.6) is 0 Å².